The van der Waals surface area contributed by atoms with Gasteiger partial charge in [0.25, 0.3) is 0 Å². The third-order valence-electron chi connectivity index (χ3n) is 3.58. The summed E-state index contributed by atoms with van der Waals surface area (Å²) in [6, 6.07) is -0.786. The predicted molar refractivity (Wildman–Crippen MR) is 78.5 cm³/mol. The van der Waals surface area contributed by atoms with Crippen LogP contribution in [0.25, 0.3) is 0 Å². The summed E-state index contributed by atoms with van der Waals surface area (Å²) in [5, 5.41) is 8.71. The van der Waals surface area contributed by atoms with E-state index in [1.165, 1.54) is 0 Å². The van der Waals surface area contributed by atoms with Gasteiger partial charge in [0.15, 0.2) is 0 Å². The molecule has 1 heterocycles. The van der Waals surface area contributed by atoms with E-state index in [9.17, 15) is 9.59 Å². The van der Waals surface area contributed by atoms with Crippen LogP contribution in [-0.2, 0) is 9.63 Å². The summed E-state index contributed by atoms with van der Waals surface area (Å²) >= 11 is 0. The third kappa shape index (κ3) is 6.14. The smallest absolute Gasteiger partial charge is 0.428 e. The molecule has 0 aromatic rings. The van der Waals surface area contributed by atoms with E-state index in [1.54, 1.807) is 18.0 Å². The van der Waals surface area contributed by atoms with E-state index < -0.39 is 12.0 Å². The van der Waals surface area contributed by atoms with Gasteiger partial charge in [0.1, 0.15) is 6.04 Å². The van der Waals surface area contributed by atoms with Gasteiger partial charge >= 0.3 is 12.1 Å². The summed E-state index contributed by atoms with van der Waals surface area (Å²) < 4.78 is 0. The monoisotopic (exact) mass is 299 g/mol. The minimum absolute atomic E-state index is 0.0886. The van der Waals surface area contributed by atoms with Gasteiger partial charge in [-0.05, 0) is 25.7 Å². The fraction of sp³-hybridized carbons (Fsp3) is 0.714. The van der Waals surface area contributed by atoms with Crippen LogP contribution in [0.3, 0.4) is 0 Å². The highest BCUT2D eigenvalue weighted by molar-refractivity contribution is 5.73. The number of nitrogens with one attached hydrogen (secondary N) is 1. The van der Waals surface area contributed by atoms with Crippen LogP contribution in [0.15, 0.2) is 12.2 Å². The maximum absolute atomic E-state index is 11.9. The van der Waals surface area contributed by atoms with Gasteiger partial charge in [-0.15, -0.1) is 0 Å². The Morgan fingerprint density at radius 1 is 1.43 bits per heavy atom. The molecule has 21 heavy (non-hydrogen) atoms. The largest absolute Gasteiger partial charge is 0.480 e. The number of carbonyl (C=O) groups excluding carboxylic acids is 1. The fourth-order valence-electron chi connectivity index (χ4n) is 2.41. The van der Waals surface area contributed by atoms with Crippen molar-refractivity contribution in [2.75, 3.05) is 13.6 Å². The molecule has 120 valence electrons. The van der Waals surface area contributed by atoms with Gasteiger partial charge in [0, 0.05) is 19.6 Å². The Morgan fingerprint density at radius 2 is 2.19 bits per heavy atom. The fourth-order valence-corrected chi connectivity index (χ4v) is 2.41. The van der Waals surface area contributed by atoms with Crippen LogP contribution in [0, 0.1) is 0 Å². The van der Waals surface area contributed by atoms with Crippen LogP contribution in [0.1, 0.15) is 38.5 Å². The molecule has 0 bridgehead atoms. The number of carbonyl (C=O) groups is 2. The first-order chi connectivity index (χ1) is 10.1. The molecule has 0 aromatic carbocycles. The molecule has 1 aliphatic heterocycles. The van der Waals surface area contributed by atoms with Gasteiger partial charge in [-0.1, -0.05) is 25.0 Å². The summed E-state index contributed by atoms with van der Waals surface area (Å²) in [7, 11) is 1.55. The molecule has 1 saturated heterocycles. The van der Waals surface area contributed by atoms with Crippen LogP contribution in [-0.4, -0.2) is 47.7 Å². The molecule has 1 unspecified atom stereocenters. The quantitative estimate of drug-likeness (QED) is 0.503. The Bertz CT molecular complexity index is 373. The lowest BCUT2D eigenvalue weighted by atomic mass is 10.1. The number of hydrogen-bond acceptors (Lipinski definition) is 5. The lowest BCUT2D eigenvalue weighted by Gasteiger charge is -2.28. The Hall–Kier alpha value is -1.60. The molecule has 1 fully saturated rings. The van der Waals surface area contributed by atoms with Gasteiger partial charge in [-0.2, -0.15) is 5.48 Å². The van der Waals surface area contributed by atoms with E-state index in [2.05, 4.69) is 5.48 Å². The van der Waals surface area contributed by atoms with Crippen molar-refractivity contribution in [2.45, 2.75) is 50.6 Å². The van der Waals surface area contributed by atoms with E-state index in [0.717, 1.165) is 25.7 Å². The van der Waals surface area contributed by atoms with Crippen molar-refractivity contribution < 1.29 is 19.5 Å². The second-order valence-electron chi connectivity index (χ2n) is 5.16. The molecule has 1 aliphatic rings. The molecule has 0 aliphatic carbocycles. The molecule has 0 saturated carbocycles. The molecule has 0 radical (unpaired) electrons. The molecule has 0 spiro atoms. The minimum atomic E-state index is -1.01. The molecule has 1 amide bonds. The van der Waals surface area contributed by atoms with Gasteiger partial charge in [0.2, 0.25) is 0 Å². The lowest BCUT2D eigenvalue weighted by molar-refractivity contribution is -0.138. The van der Waals surface area contributed by atoms with E-state index in [4.69, 9.17) is 15.7 Å². The number of rotatable bonds is 6. The Kier molecular flexibility index (Phi) is 7.78. The van der Waals surface area contributed by atoms with Crippen molar-refractivity contribution >= 4 is 12.1 Å². The summed E-state index contributed by atoms with van der Waals surface area (Å²) in [4.78, 5) is 29.1. The van der Waals surface area contributed by atoms with Crippen molar-refractivity contribution in [1.29, 1.82) is 0 Å². The zero-order valence-corrected chi connectivity index (χ0v) is 12.5. The molecule has 7 nitrogen and oxygen atoms in total. The molecule has 2 atom stereocenters. The number of hydroxylamine groups is 1. The van der Waals surface area contributed by atoms with E-state index in [-0.39, 0.29) is 12.1 Å². The van der Waals surface area contributed by atoms with Gasteiger partial charge in [0.05, 0.1) is 0 Å². The number of nitrogens with two attached hydrogens (primary N) is 1. The third-order valence-corrected chi connectivity index (χ3v) is 3.58. The van der Waals surface area contributed by atoms with Crippen molar-refractivity contribution in [3.05, 3.63) is 12.2 Å². The van der Waals surface area contributed by atoms with Crippen molar-refractivity contribution in [1.82, 2.24) is 10.4 Å². The number of carboxylic acids is 1. The van der Waals surface area contributed by atoms with Gasteiger partial charge in [-0.25, -0.2) is 4.79 Å². The second kappa shape index (κ2) is 9.36. The number of hydrogen-bond donors (Lipinski definition) is 3. The van der Waals surface area contributed by atoms with Crippen molar-refractivity contribution in [3.8, 4) is 0 Å². The average Bonchev–Trinajstić information content (AvgIpc) is 2.68. The highest BCUT2D eigenvalue weighted by Gasteiger charge is 2.25. The first kappa shape index (κ1) is 17.5. The van der Waals surface area contributed by atoms with Crippen LogP contribution < -0.4 is 11.2 Å². The molecule has 7 heteroatoms. The van der Waals surface area contributed by atoms with Crippen LogP contribution in [0.2, 0.25) is 0 Å². The first-order valence-corrected chi connectivity index (χ1v) is 7.33. The summed E-state index contributed by atoms with van der Waals surface area (Å²) in [6.45, 7) is 0.688. The molecule has 0 aromatic heterocycles. The van der Waals surface area contributed by atoms with Crippen molar-refractivity contribution in [2.24, 2.45) is 5.73 Å². The standard InChI is InChI=1S/C14H25N3O4/c1-16-21-14(20)17-10-6-2-3-7-11(17)8-4-5-9-12(15)13(18)19/h4-5,11-12,16H,2-3,6-10,15H2,1H3,(H,18,19)/b5-4+/t11-,12?/m1/s1. The number of likely N-dealkylation sites (tertiary alicyclic amines) is 1. The SMILES string of the molecule is CNOC(=O)N1CCCCC[C@@H]1C/C=C/CC(N)C(=O)O. The Balaban J connectivity index is 2.53. The zero-order chi connectivity index (χ0) is 15.7. The van der Waals surface area contributed by atoms with Crippen LogP contribution in [0.4, 0.5) is 4.79 Å². The summed E-state index contributed by atoms with van der Waals surface area (Å²) in [5.41, 5.74) is 7.84. The second-order valence-corrected chi connectivity index (χ2v) is 5.16. The molecular weight excluding hydrogens is 274 g/mol. The van der Waals surface area contributed by atoms with E-state index in [0.29, 0.717) is 19.4 Å². The summed E-state index contributed by atoms with van der Waals surface area (Å²) in [5.74, 6) is -1.01. The zero-order valence-electron chi connectivity index (χ0n) is 12.5. The normalized spacial score (nSPS) is 21.0. The maximum Gasteiger partial charge on any atom is 0.428 e. The number of nitrogens with zero attached hydrogens (tertiary/aromatic N) is 1. The predicted octanol–water partition coefficient (Wildman–Crippen LogP) is 1.25. The minimum Gasteiger partial charge on any atom is -0.480 e. The van der Waals surface area contributed by atoms with E-state index >= 15 is 0 Å². The molecule has 4 N–H and O–H groups in total. The van der Waals surface area contributed by atoms with E-state index in [1.807, 2.05) is 6.08 Å². The average molecular weight is 299 g/mol. The van der Waals surface area contributed by atoms with Gasteiger partial charge < -0.3 is 20.6 Å². The maximum atomic E-state index is 11.9. The molecule has 1 rings (SSSR count). The lowest BCUT2D eigenvalue weighted by Crippen LogP contribution is -2.41. The van der Waals surface area contributed by atoms with Gasteiger partial charge in [-0.3, -0.25) is 4.79 Å². The number of carboxylic acid groups (broad SMARTS) is 1. The Labute approximate surface area is 125 Å². The first-order valence-electron chi connectivity index (χ1n) is 7.33. The molecular formula is C14H25N3O4. The summed E-state index contributed by atoms with van der Waals surface area (Å²) in [6.07, 6.45) is 8.37. The topological polar surface area (TPSA) is 105 Å². The Morgan fingerprint density at radius 3 is 2.86 bits per heavy atom. The van der Waals surface area contributed by atoms with Crippen LogP contribution in [0.5, 0.6) is 0 Å². The number of amides is 1. The highest BCUT2D eigenvalue weighted by Crippen LogP contribution is 2.20. The number of aliphatic carboxylic acids is 1. The van der Waals surface area contributed by atoms with Crippen LogP contribution >= 0.6 is 0 Å². The highest BCUT2D eigenvalue weighted by atomic mass is 16.7. The van der Waals surface area contributed by atoms with Crippen molar-refractivity contribution in [3.63, 3.8) is 0 Å².